The van der Waals surface area contributed by atoms with E-state index in [-0.39, 0.29) is 28.2 Å². The smallest absolute Gasteiger partial charge is 0.346 e. The standard InChI is InChI=1S/C19H18N2O4S/c1-9-5-6-13(7-10(9)2)14(22)8-21-12(4)20-17-15(18(21)23)11(3)16(26-17)19(24)25/h5-7H,8H2,1-4H3,(H,24,25). The molecule has 1 aromatic carbocycles. The van der Waals surface area contributed by atoms with Gasteiger partial charge in [0, 0.05) is 5.56 Å². The molecule has 0 saturated carbocycles. The van der Waals surface area contributed by atoms with Crippen molar-refractivity contribution in [2.75, 3.05) is 0 Å². The van der Waals surface area contributed by atoms with Gasteiger partial charge >= 0.3 is 5.97 Å². The van der Waals surface area contributed by atoms with Gasteiger partial charge in [0.15, 0.2) is 5.78 Å². The number of carboxylic acid groups (broad SMARTS) is 1. The molecule has 0 aliphatic rings. The number of carbonyl (C=O) groups excluding carboxylic acids is 1. The highest BCUT2D eigenvalue weighted by molar-refractivity contribution is 7.20. The van der Waals surface area contributed by atoms with Crippen molar-refractivity contribution in [1.29, 1.82) is 0 Å². The van der Waals surface area contributed by atoms with Crippen molar-refractivity contribution in [2.24, 2.45) is 0 Å². The minimum atomic E-state index is -1.08. The van der Waals surface area contributed by atoms with Crippen LogP contribution >= 0.6 is 11.3 Å². The maximum atomic E-state index is 12.9. The van der Waals surface area contributed by atoms with Gasteiger partial charge in [-0.2, -0.15) is 0 Å². The number of hydrogen-bond donors (Lipinski definition) is 1. The van der Waals surface area contributed by atoms with Crippen LogP contribution in [0.3, 0.4) is 0 Å². The van der Waals surface area contributed by atoms with Gasteiger partial charge in [0.25, 0.3) is 5.56 Å². The molecular weight excluding hydrogens is 352 g/mol. The lowest BCUT2D eigenvalue weighted by Gasteiger charge is -2.10. The van der Waals surface area contributed by atoms with Crippen LogP contribution in [0.1, 0.15) is 42.5 Å². The number of carbonyl (C=O) groups is 2. The van der Waals surface area contributed by atoms with E-state index in [0.29, 0.717) is 21.8 Å². The van der Waals surface area contributed by atoms with E-state index in [2.05, 4.69) is 4.98 Å². The number of fused-ring (bicyclic) bond motifs is 1. The third kappa shape index (κ3) is 2.94. The van der Waals surface area contributed by atoms with Gasteiger partial charge in [0.2, 0.25) is 0 Å². The summed E-state index contributed by atoms with van der Waals surface area (Å²) in [5, 5.41) is 9.53. The van der Waals surface area contributed by atoms with Crippen molar-refractivity contribution < 1.29 is 14.7 Å². The molecule has 0 amide bonds. The van der Waals surface area contributed by atoms with Crippen LogP contribution in [-0.2, 0) is 6.54 Å². The Bertz CT molecular complexity index is 1120. The highest BCUT2D eigenvalue weighted by atomic mass is 32.1. The first-order valence-corrected chi connectivity index (χ1v) is 8.86. The molecule has 3 rings (SSSR count). The summed E-state index contributed by atoms with van der Waals surface area (Å²) < 4.78 is 1.31. The quantitative estimate of drug-likeness (QED) is 0.712. The number of benzene rings is 1. The van der Waals surface area contributed by atoms with Gasteiger partial charge in [-0.05, 0) is 50.5 Å². The van der Waals surface area contributed by atoms with Crippen molar-refractivity contribution in [3.05, 3.63) is 61.5 Å². The number of Topliss-reactive ketones (excluding diaryl/α,β-unsaturated/α-hetero) is 1. The number of thiophene rings is 1. The fourth-order valence-corrected chi connectivity index (χ4v) is 3.91. The lowest BCUT2D eigenvalue weighted by atomic mass is 10.0. The van der Waals surface area contributed by atoms with Crippen LogP contribution in [0.25, 0.3) is 10.2 Å². The average Bonchev–Trinajstić information content (AvgIpc) is 2.90. The molecule has 0 atom stereocenters. The molecule has 0 aliphatic carbocycles. The molecule has 2 heterocycles. The summed E-state index contributed by atoms with van der Waals surface area (Å²) in [6.45, 7) is 7.00. The second kappa shape index (κ2) is 6.49. The first-order valence-electron chi connectivity index (χ1n) is 8.05. The predicted octanol–water partition coefficient (Wildman–Crippen LogP) is 3.27. The molecule has 0 aliphatic heterocycles. The number of ketones is 1. The molecule has 7 heteroatoms. The van der Waals surface area contributed by atoms with Gasteiger partial charge in [-0.3, -0.25) is 14.2 Å². The number of aryl methyl sites for hydroxylation is 4. The van der Waals surface area contributed by atoms with Crippen LogP contribution in [0.15, 0.2) is 23.0 Å². The zero-order valence-corrected chi connectivity index (χ0v) is 15.7. The topological polar surface area (TPSA) is 89.3 Å². The number of nitrogens with zero attached hydrogens (tertiary/aromatic N) is 2. The molecule has 0 unspecified atom stereocenters. The molecule has 6 nitrogen and oxygen atoms in total. The molecule has 3 aromatic rings. The van der Waals surface area contributed by atoms with E-state index in [4.69, 9.17) is 0 Å². The lowest BCUT2D eigenvalue weighted by molar-refractivity contribution is 0.0701. The molecule has 26 heavy (non-hydrogen) atoms. The molecular formula is C19H18N2O4S. The van der Waals surface area contributed by atoms with Crippen LogP contribution in [0.2, 0.25) is 0 Å². The molecule has 1 N–H and O–H groups in total. The Morgan fingerprint density at radius 1 is 1.15 bits per heavy atom. The molecule has 134 valence electrons. The summed E-state index contributed by atoms with van der Waals surface area (Å²) in [6.07, 6.45) is 0. The van der Waals surface area contributed by atoms with E-state index in [1.807, 2.05) is 26.0 Å². The largest absolute Gasteiger partial charge is 0.477 e. The Labute approximate surface area is 153 Å². The van der Waals surface area contributed by atoms with E-state index >= 15 is 0 Å². The predicted molar refractivity (Wildman–Crippen MR) is 101 cm³/mol. The van der Waals surface area contributed by atoms with Crippen LogP contribution in [0.4, 0.5) is 0 Å². The number of hydrogen-bond acceptors (Lipinski definition) is 5. The van der Waals surface area contributed by atoms with E-state index < -0.39 is 5.97 Å². The summed E-state index contributed by atoms with van der Waals surface area (Å²) in [4.78, 5) is 41.7. The molecule has 0 bridgehead atoms. The van der Waals surface area contributed by atoms with Crippen molar-refractivity contribution in [2.45, 2.75) is 34.2 Å². The van der Waals surface area contributed by atoms with Crippen molar-refractivity contribution in [3.8, 4) is 0 Å². The summed E-state index contributed by atoms with van der Waals surface area (Å²) in [7, 11) is 0. The summed E-state index contributed by atoms with van der Waals surface area (Å²) >= 11 is 0.979. The van der Waals surface area contributed by atoms with Crippen molar-refractivity contribution in [1.82, 2.24) is 9.55 Å². The summed E-state index contributed by atoms with van der Waals surface area (Å²) in [5.74, 6) is -0.885. The molecule has 0 saturated heterocycles. The van der Waals surface area contributed by atoms with Crippen LogP contribution in [0.5, 0.6) is 0 Å². The second-order valence-electron chi connectivity index (χ2n) is 6.31. The SMILES string of the molecule is Cc1ccc(C(=O)Cn2c(C)nc3sc(C(=O)O)c(C)c3c2=O)cc1C. The first-order chi connectivity index (χ1) is 12.2. The van der Waals surface area contributed by atoms with E-state index in [1.165, 1.54) is 4.57 Å². The molecule has 0 fully saturated rings. The lowest BCUT2D eigenvalue weighted by Crippen LogP contribution is -2.27. The second-order valence-corrected chi connectivity index (χ2v) is 7.31. The highest BCUT2D eigenvalue weighted by Gasteiger charge is 2.21. The Hall–Kier alpha value is -2.80. The zero-order valence-electron chi connectivity index (χ0n) is 14.9. The van der Waals surface area contributed by atoms with Gasteiger partial charge in [0.1, 0.15) is 15.5 Å². The molecule has 0 radical (unpaired) electrons. The summed E-state index contributed by atoms with van der Waals surface area (Å²) in [6, 6.07) is 5.43. The van der Waals surface area contributed by atoms with E-state index in [9.17, 15) is 19.5 Å². The van der Waals surface area contributed by atoms with E-state index in [1.54, 1.807) is 19.9 Å². The van der Waals surface area contributed by atoms with Crippen LogP contribution in [0, 0.1) is 27.7 Å². The fraction of sp³-hybridized carbons (Fsp3) is 0.263. The minimum absolute atomic E-state index is 0.0993. The van der Waals surface area contributed by atoms with Gasteiger partial charge < -0.3 is 5.11 Å². The van der Waals surface area contributed by atoms with Crippen LogP contribution in [-0.4, -0.2) is 26.4 Å². The molecule has 2 aromatic heterocycles. The first kappa shape index (κ1) is 18.0. The van der Waals surface area contributed by atoms with Crippen molar-refractivity contribution >= 4 is 33.3 Å². The number of rotatable bonds is 4. The normalized spacial score (nSPS) is 11.1. The zero-order chi connectivity index (χ0) is 19.2. The Morgan fingerprint density at radius 2 is 1.85 bits per heavy atom. The Kier molecular flexibility index (Phi) is 4.50. The third-order valence-electron chi connectivity index (χ3n) is 4.57. The average molecular weight is 370 g/mol. The minimum Gasteiger partial charge on any atom is -0.477 e. The summed E-state index contributed by atoms with van der Waals surface area (Å²) in [5.41, 5.74) is 2.64. The number of carboxylic acids is 1. The van der Waals surface area contributed by atoms with Gasteiger partial charge in [0.05, 0.1) is 11.9 Å². The third-order valence-corrected chi connectivity index (χ3v) is 5.74. The van der Waals surface area contributed by atoms with Gasteiger partial charge in [-0.15, -0.1) is 11.3 Å². The van der Waals surface area contributed by atoms with Gasteiger partial charge in [-0.1, -0.05) is 12.1 Å². The van der Waals surface area contributed by atoms with Crippen LogP contribution < -0.4 is 5.56 Å². The van der Waals surface area contributed by atoms with Crippen molar-refractivity contribution in [3.63, 3.8) is 0 Å². The maximum Gasteiger partial charge on any atom is 0.346 e. The fourth-order valence-electron chi connectivity index (χ4n) is 2.86. The molecule has 0 spiro atoms. The Morgan fingerprint density at radius 3 is 2.46 bits per heavy atom. The monoisotopic (exact) mass is 370 g/mol. The Balaban J connectivity index is 2.09. The maximum absolute atomic E-state index is 12.9. The van der Waals surface area contributed by atoms with E-state index in [0.717, 1.165) is 22.5 Å². The van der Waals surface area contributed by atoms with Gasteiger partial charge in [-0.25, -0.2) is 9.78 Å². The number of aromatic nitrogens is 2. The highest BCUT2D eigenvalue weighted by Crippen LogP contribution is 2.27. The number of aromatic carboxylic acids is 1.